The fourth-order valence-corrected chi connectivity index (χ4v) is 4.29. The Morgan fingerprint density at radius 3 is 2.76 bits per heavy atom. The van der Waals surface area contributed by atoms with Crippen LogP contribution in [0.1, 0.15) is 38.3 Å². The molecule has 2 atom stereocenters. The number of hydrogen-bond donors (Lipinski definition) is 1. The van der Waals surface area contributed by atoms with Crippen LogP contribution in [0.5, 0.6) is 5.75 Å². The molecule has 1 aromatic rings. The lowest BCUT2D eigenvalue weighted by molar-refractivity contribution is 0.277. The van der Waals surface area contributed by atoms with Gasteiger partial charge >= 0.3 is 0 Å². The maximum Gasteiger partial charge on any atom is 0.280 e. The van der Waals surface area contributed by atoms with E-state index in [0.717, 1.165) is 18.4 Å². The Bertz CT molecular complexity index is 574. The molecular formula is C15H24N2O3S. The number of rotatable bonds is 5. The Hall–Kier alpha value is -1.11. The molecule has 0 saturated carbocycles. The Balaban J connectivity index is 2.12. The van der Waals surface area contributed by atoms with Crippen LogP contribution in [0.15, 0.2) is 24.3 Å². The van der Waals surface area contributed by atoms with E-state index in [0.29, 0.717) is 24.8 Å². The lowest BCUT2D eigenvalue weighted by Gasteiger charge is -2.31. The highest BCUT2D eigenvalue weighted by Crippen LogP contribution is 2.26. The monoisotopic (exact) mass is 312 g/mol. The van der Waals surface area contributed by atoms with E-state index < -0.39 is 10.2 Å². The van der Waals surface area contributed by atoms with Gasteiger partial charge in [-0.15, -0.1) is 0 Å². The number of methoxy groups -OCH3 is 1. The highest BCUT2D eigenvalue weighted by atomic mass is 32.2. The lowest BCUT2D eigenvalue weighted by atomic mass is 10.0. The van der Waals surface area contributed by atoms with Crippen LogP contribution in [0.3, 0.4) is 0 Å². The summed E-state index contributed by atoms with van der Waals surface area (Å²) < 4.78 is 34.6. The summed E-state index contributed by atoms with van der Waals surface area (Å²) in [4.78, 5) is 0. The predicted molar refractivity (Wildman–Crippen MR) is 83.4 cm³/mol. The van der Waals surface area contributed by atoms with Crippen molar-refractivity contribution in [1.29, 1.82) is 0 Å². The molecule has 1 saturated heterocycles. The minimum atomic E-state index is -3.46. The third-order valence-electron chi connectivity index (χ3n) is 3.89. The van der Waals surface area contributed by atoms with Gasteiger partial charge in [0.25, 0.3) is 10.2 Å². The van der Waals surface area contributed by atoms with Crippen molar-refractivity contribution in [2.75, 3.05) is 20.2 Å². The molecule has 1 aliphatic rings. The minimum Gasteiger partial charge on any atom is -0.496 e. The molecule has 0 bridgehead atoms. The summed E-state index contributed by atoms with van der Waals surface area (Å²) in [7, 11) is -1.87. The van der Waals surface area contributed by atoms with Crippen LogP contribution in [0.4, 0.5) is 0 Å². The SMILES string of the molecule is COc1ccccc1[C@@H](C)NS(=O)(=O)N1CCC[C@H](C)C1. The quantitative estimate of drug-likeness (QED) is 0.908. The zero-order valence-corrected chi connectivity index (χ0v) is 13.7. The number of benzene rings is 1. The van der Waals surface area contributed by atoms with Crippen molar-refractivity contribution in [3.05, 3.63) is 29.8 Å². The number of hydrogen-bond acceptors (Lipinski definition) is 3. The summed E-state index contributed by atoms with van der Waals surface area (Å²) in [6.45, 7) is 5.11. The van der Waals surface area contributed by atoms with Crippen molar-refractivity contribution in [2.45, 2.75) is 32.7 Å². The second kappa shape index (κ2) is 6.77. The van der Waals surface area contributed by atoms with E-state index >= 15 is 0 Å². The second-order valence-corrected chi connectivity index (χ2v) is 7.39. The van der Waals surface area contributed by atoms with Gasteiger partial charge in [0.15, 0.2) is 0 Å². The van der Waals surface area contributed by atoms with Gasteiger partial charge in [0.05, 0.1) is 7.11 Å². The maximum absolute atomic E-state index is 12.5. The summed E-state index contributed by atoms with van der Waals surface area (Å²) in [5, 5.41) is 0. The number of nitrogens with zero attached hydrogens (tertiary/aromatic N) is 1. The Morgan fingerprint density at radius 1 is 1.38 bits per heavy atom. The first-order valence-corrected chi connectivity index (χ1v) is 8.78. The average molecular weight is 312 g/mol. The summed E-state index contributed by atoms with van der Waals surface area (Å²) in [6.07, 6.45) is 2.01. The van der Waals surface area contributed by atoms with Crippen LogP contribution < -0.4 is 9.46 Å². The molecule has 1 aromatic carbocycles. The summed E-state index contributed by atoms with van der Waals surface area (Å²) in [6, 6.07) is 7.14. The van der Waals surface area contributed by atoms with Crippen LogP contribution >= 0.6 is 0 Å². The smallest absolute Gasteiger partial charge is 0.280 e. The molecular weight excluding hydrogens is 288 g/mol. The molecule has 1 fully saturated rings. The van der Waals surface area contributed by atoms with Gasteiger partial charge in [-0.25, -0.2) is 0 Å². The van der Waals surface area contributed by atoms with Crippen LogP contribution in [-0.4, -0.2) is 32.9 Å². The van der Waals surface area contributed by atoms with Gasteiger partial charge in [-0.3, -0.25) is 0 Å². The molecule has 2 rings (SSSR count). The standard InChI is InChI=1S/C15H24N2O3S/c1-12-7-6-10-17(11-12)21(18,19)16-13(2)14-8-4-5-9-15(14)20-3/h4-5,8-9,12-13,16H,6-7,10-11H2,1-3H3/t12-,13+/m0/s1. The molecule has 1 heterocycles. The fraction of sp³-hybridized carbons (Fsp3) is 0.600. The largest absolute Gasteiger partial charge is 0.496 e. The first-order valence-electron chi connectivity index (χ1n) is 7.34. The van der Waals surface area contributed by atoms with E-state index in [9.17, 15) is 8.42 Å². The van der Waals surface area contributed by atoms with Gasteiger partial charge in [0.1, 0.15) is 5.75 Å². The summed E-state index contributed by atoms with van der Waals surface area (Å²) in [5.74, 6) is 1.11. The van der Waals surface area contributed by atoms with E-state index in [4.69, 9.17) is 4.74 Å². The van der Waals surface area contributed by atoms with E-state index in [2.05, 4.69) is 11.6 Å². The first-order chi connectivity index (χ1) is 9.94. The molecule has 0 spiro atoms. The van der Waals surface area contributed by atoms with E-state index in [1.54, 1.807) is 11.4 Å². The first kappa shape index (κ1) is 16.3. The fourth-order valence-electron chi connectivity index (χ4n) is 2.75. The molecule has 1 N–H and O–H groups in total. The zero-order valence-electron chi connectivity index (χ0n) is 12.9. The topological polar surface area (TPSA) is 58.6 Å². The predicted octanol–water partition coefficient (Wildman–Crippen LogP) is 2.32. The van der Waals surface area contributed by atoms with E-state index in [-0.39, 0.29) is 6.04 Å². The van der Waals surface area contributed by atoms with Crippen molar-refractivity contribution in [2.24, 2.45) is 5.92 Å². The third-order valence-corrected chi connectivity index (χ3v) is 5.55. The van der Waals surface area contributed by atoms with Crippen LogP contribution in [0, 0.1) is 5.92 Å². The van der Waals surface area contributed by atoms with Gasteiger partial charge < -0.3 is 4.74 Å². The molecule has 0 amide bonds. The number of ether oxygens (including phenoxy) is 1. The molecule has 5 nitrogen and oxygen atoms in total. The molecule has 21 heavy (non-hydrogen) atoms. The zero-order chi connectivity index (χ0) is 15.5. The van der Waals surface area contributed by atoms with E-state index in [1.165, 1.54) is 0 Å². The molecule has 0 aromatic heterocycles. The second-order valence-electron chi connectivity index (χ2n) is 5.69. The van der Waals surface area contributed by atoms with E-state index in [1.807, 2.05) is 31.2 Å². The Morgan fingerprint density at radius 2 is 2.10 bits per heavy atom. The van der Waals surface area contributed by atoms with Gasteiger partial charge in [-0.05, 0) is 31.7 Å². The van der Waals surface area contributed by atoms with Crippen molar-refractivity contribution in [3.8, 4) is 5.75 Å². The lowest BCUT2D eigenvalue weighted by Crippen LogP contribution is -2.46. The normalized spacial score (nSPS) is 22.0. The third kappa shape index (κ3) is 3.96. The van der Waals surface area contributed by atoms with Crippen molar-refractivity contribution >= 4 is 10.2 Å². The molecule has 1 aliphatic heterocycles. The van der Waals surface area contributed by atoms with Crippen molar-refractivity contribution < 1.29 is 13.2 Å². The van der Waals surface area contributed by atoms with Gasteiger partial charge in [0, 0.05) is 24.7 Å². The van der Waals surface area contributed by atoms with Gasteiger partial charge in [0.2, 0.25) is 0 Å². The number of para-hydroxylation sites is 1. The van der Waals surface area contributed by atoms with Crippen molar-refractivity contribution in [1.82, 2.24) is 9.03 Å². The Kier molecular flexibility index (Phi) is 5.24. The highest BCUT2D eigenvalue weighted by molar-refractivity contribution is 7.87. The van der Waals surface area contributed by atoms with Crippen LogP contribution in [-0.2, 0) is 10.2 Å². The molecule has 0 unspecified atom stereocenters. The molecule has 0 radical (unpaired) electrons. The summed E-state index contributed by atoms with van der Waals surface area (Å²) >= 11 is 0. The Labute approximate surface area is 127 Å². The number of nitrogens with one attached hydrogen (secondary N) is 1. The average Bonchev–Trinajstić information content (AvgIpc) is 2.46. The highest BCUT2D eigenvalue weighted by Gasteiger charge is 2.28. The molecule has 6 heteroatoms. The van der Waals surface area contributed by atoms with Crippen molar-refractivity contribution in [3.63, 3.8) is 0 Å². The summed E-state index contributed by atoms with van der Waals surface area (Å²) in [5.41, 5.74) is 0.841. The van der Waals surface area contributed by atoms with Crippen LogP contribution in [0.2, 0.25) is 0 Å². The van der Waals surface area contributed by atoms with Gasteiger partial charge in [-0.2, -0.15) is 17.4 Å². The molecule has 0 aliphatic carbocycles. The minimum absolute atomic E-state index is 0.330. The number of piperidine rings is 1. The molecule has 118 valence electrons. The van der Waals surface area contributed by atoms with Crippen LogP contribution in [0.25, 0.3) is 0 Å². The van der Waals surface area contributed by atoms with Gasteiger partial charge in [-0.1, -0.05) is 25.1 Å². The maximum atomic E-state index is 12.5.